The Morgan fingerprint density at radius 2 is 2.04 bits per heavy atom. The summed E-state index contributed by atoms with van der Waals surface area (Å²) < 4.78 is 18.7. The predicted molar refractivity (Wildman–Crippen MR) is 110 cm³/mol. The van der Waals surface area contributed by atoms with Crippen LogP contribution < -0.4 is 5.32 Å². The molecule has 4 nitrogen and oxygen atoms in total. The van der Waals surface area contributed by atoms with Crippen molar-refractivity contribution in [2.24, 2.45) is 0 Å². The Kier molecular flexibility index (Phi) is 5.04. The Hall–Kier alpha value is -3.25. The first kappa shape index (κ1) is 18.1. The van der Waals surface area contributed by atoms with Crippen molar-refractivity contribution in [1.82, 2.24) is 4.98 Å². The molecule has 0 saturated carbocycles. The predicted octanol–water partition coefficient (Wildman–Crippen LogP) is 5.58. The number of fused-ring (bicyclic) bond motifs is 1. The molecule has 2 aromatic heterocycles. The quantitative estimate of drug-likeness (QED) is 0.451. The fourth-order valence-electron chi connectivity index (χ4n) is 2.80. The van der Waals surface area contributed by atoms with E-state index in [4.69, 9.17) is 4.42 Å². The number of anilines is 1. The van der Waals surface area contributed by atoms with E-state index in [0.29, 0.717) is 17.3 Å². The highest BCUT2D eigenvalue weighted by Crippen LogP contribution is 2.23. The van der Waals surface area contributed by atoms with Gasteiger partial charge >= 0.3 is 0 Å². The van der Waals surface area contributed by atoms with Crippen molar-refractivity contribution >= 4 is 39.4 Å². The zero-order chi connectivity index (χ0) is 19.5. The molecule has 4 aromatic rings. The van der Waals surface area contributed by atoms with Gasteiger partial charge in [-0.1, -0.05) is 24.3 Å². The van der Waals surface area contributed by atoms with Gasteiger partial charge in [-0.05, 0) is 48.4 Å². The Bertz CT molecular complexity index is 1160. The lowest BCUT2D eigenvalue weighted by molar-refractivity contribution is -0.111. The normalized spacial score (nSPS) is 11.4. The van der Waals surface area contributed by atoms with Crippen molar-refractivity contribution in [3.63, 3.8) is 0 Å². The number of benzene rings is 2. The van der Waals surface area contributed by atoms with E-state index in [1.807, 2.05) is 31.2 Å². The van der Waals surface area contributed by atoms with Gasteiger partial charge in [0.05, 0.1) is 0 Å². The number of halogens is 1. The van der Waals surface area contributed by atoms with Crippen LogP contribution in [0, 0.1) is 12.7 Å². The smallest absolute Gasteiger partial charge is 0.250 e. The summed E-state index contributed by atoms with van der Waals surface area (Å²) in [6.45, 7) is 2.00. The largest absolute Gasteiger partial charge is 0.457 e. The lowest BCUT2D eigenvalue weighted by Crippen LogP contribution is -2.06. The number of amides is 1. The number of furan rings is 1. The van der Waals surface area contributed by atoms with E-state index in [9.17, 15) is 9.18 Å². The summed E-state index contributed by atoms with van der Waals surface area (Å²) in [7, 11) is 0. The van der Waals surface area contributed by atoms with Crippen LogP contribution in [0.1, 0.15) is 21.8 Å². The number of carbonyl (C=O) groups excluding carboxylic acids is 1. The fraction of sp³-hybridized carbons (Fsp3) is 0.0909. The molecule has 1 N–H and O–H groups in total. The van der Waals surface area contributed by atoms with Crippen molar-refractivity contribution in [1.29, 1.82) is 0 Å². The zero-order valence-electron chi connectivity index (χ0n) is 15.1. The van der Waals surface area contributed by atoms with Crippen LogP contribution in [0.15, 0.2) is 65.2 Å². The second-order valence-electron chi connectivity index (χ2n) is 6.45. The van der Waals surface area contributed by atoms with Gasteiger partial charge in [0.15, 0.2) is 5.13 Å². The zero-order valence-corrected chi connectivity index (χ0v) is 15.9. The maximum atomic E-state index is 13.0. The van der Waals surface area contributed by atoms with E-state index in [1.165, 1.54) is 29.5 Å². The van der Waals surface area contributed by atoms with E-state index in [-0.39, 0.29) is 11.7 Å². The highest BCUT2D eigenvalue weighted by Gasteiger charge is 2.07. The van der Waals surface area contributed by atoms with Gasteiger partial charge in [-0.3, -0.25) is 10.1 Å². The minimum Gasteiger partial charge on any atom is -0.457 e. The Morgan fingerprint density at radius 1 is 1.21 bits per heavy atom. The molecule has 2 aromatic carbocycles. The number of hydrogen-bond acceptors (Lipinski definition) is 4. The van der Waals surface area contributed by atoms with Crippen LogP contribution in [0.25, 0.3) is 17.0 Å². The summed E-state index contributed by atoms with van der Waals surface area (Å²) in [5, 5.41) is 4.27. The highest BCUT2D eigenvalue weighted by atomic mass is 32.1. The third kappa shape index (κ3) is 4.35. The standard InChI is InChI=1S/C22H17FN2O2S/c1-14-2-5-16-12-18(27-20(16)10-14)8-9-21(26)25-22-24-13-19(28-22)11-15-3-6-17(23)7-4-15/h2-10,12-13H,11H2,1H3,(H,24,25,26). The Balaban J connectivity index is 1.38. The first-order valence-electron chi connectivity index (χ1n) is 8.73. The number of aryl methyl sites for hydroxylation is 1. The third-order valence-corrected chi connectivity index (χ3v) is 5.08. The Labute approximate surface area is 165 Å². The molecule has 0 unspecified atom stereocenters. The maximum absolute atomic E-state index is 13.0. The van der Waals surface area contributed by atoms with Crippen LogP contribution in [0.5, 0.6) is 0 Å². The molecule has 0 saturated heterocycles. The second-order valence-corrected chi connectivity index (χ2v) is 7.56. The van der Waals surface area contributed by atoms with Crippen molar-refractivity contribution in [3.8, 4) is 0 Å². The molecule has 0 fully saturated rings. The number of aromatic nitrogens is 1. The van der Waals surface area contributed by atoms with E-state index in [2.05, 4.69) is 10.3 Å². The molecule has 0 aliphatic carbocycles. The summed E-state index contributed by atoms with van der Waals surface area (Å²) in [6.07, 6.45) is 5.42. The van der Waals surface area contributed by atoms with Crippen LogP contribution in [-0.4, -0.2) is 10.9 Å². The second kappa shape index (κ2) is 7.78. The van der Waals surface area contributed by atoms with Crippen LogP contribution >= 0.6 is 11.3 Å². The molecule has 0 radical (unpaired) electrons. The Morgan fingerprint density at radius 3 is 2.86 bits per heavy atom. The SMILES string of the molecule is Cc1ccc2cc(C=CC(=O)Nc3ncc(Cc4ccc(F)cc4)s3)oc2c1. The van der Waals surface area contributed by atoms with Crippen molar-refractivity contribution < 1.29 is 13.6 Å². The minimum atomic E-state index is -0.278. The molecule has 2 heterocycles. The van der Waals surface area contributed by atoms with Gasteiger partial charge < -0.3 is 4.42 Å². The lowest BCUT2D eigenvalue weighted by Gasteiger charge is -1.98. The average Bonchev–Trinajstić information content (AvgIpc) is 3.28. The maximum Gasteiger partial charge on any atom is 0.250 e. The van der Waals surface area contributed by atoms with Crippen LogP contribution in [0.4, 0.5) is 9.52 Å². The average molecular weight is 392 g/mol. The van der Waals surface area contributed by atoms with E-state index >= 15 is 0 Å². The van der Waals surface area contributed by atoms with Gasteiger partial charge in [-0.25, -0.2) is 9.37 Å². The first-order chi connectivity index (χ1) is 13.5. The van der Waals surface area contributed by atoms with Gasteiger partial charge in [0.2, 0.25) is 5.91 Å². The molecular formula is C22H17FN2O2S. The van der Waals surface area contributed by atoms with Crippen LogP contribution in [0.2, 0.25) is 0 Å². The summed E-state index contributed by atoms with van der Waals surface area (Å²) in [6, 6.07) is 14.2. The van der Waals surface area contributed by atoms with Crippen LogP contribution in [-0.2, 0) is 11.2 Å². The number of thiazole rings is 1. The molecular weight excluding hydrogens is 375 g/mol. The monoisotopic (exact) mass is 392 g/mol. The minimum absolute atomic E-state index is 0.257. The molecule has 4 rings (SSSR count). The fourth-order valence-corrected chi connectivity index (χ4v) is 3.65. The summed E-state index contributed by atoms with van der Waals surface area (Å²) >= 11 is 1.39. The van der Waals surface area contributed by atoms with Crippen molar-refractivity contribution in [2.75, 3.05) is 5.32 Å². The summed E-state index contributed by atoms with van der Waals surface area (Å²) in [4.78, 5) is 17.4. The van der Waals surface area contributed by atoms with Gasteiger partial charge in [-0.15, -0.1) is 11.3 Å². The number of hydrogen-bond donors (Lipinski definition) is 1. The number of rotatable bonds is 5. The van der Waals surface area contributed by atoms with E-state index in [1.54, 1.807) is 24.4 Å². The van der Waals surface area contributed by atoms with Gasteiger partial charge in [0, 0.05) is 29.0 Å². The molecule has 1 amide bonds. The third-order valence-electron chi connectivity index (χ3n) is 4.17. The highest BCUT2D eigenvalue weighted by molar-refractivity contribution is 7.15. The molecule has 0 bridgehead atoms. The van der Waals surface area contributed by atoms with Gasteiger partial charge in [0.25, 0.3) is 0 Å². The van der Waals surface area contributed by atoms with Gasteiger partial charge in [-0.2, -0.15) is 0 Å². The topological polar surface area (TPSA) is 55.1 Å². The molecule has 0 atom stereocenters. The molecule has 0 spiro atoms. The lowest BCUT2D eigenvalue weighted by atomic mass is 10.1. The number of carbonyl (C=O) groups is 1. The van der Waals surface area contributed by atoms with Crippen molar-refractivity contribution in [3.05, 3.63) is 88.4 Å². The summed E-state index contributed by atoms with van der Waals surface area (Å²) in [5.74, 6) is 0.0820. The van der Waals surface area contributed by atoms with Crippen molar-refractivity contribution in [2.45, 2.75) is 13.3 Å². The molecule has 140 valence electrons. The van der Waals surface area contributed by atoms with E-state index in [0.717, 1.165) is 27.0 Å². The molecule has 28 heavy (non-hydrogen) atoms. The van der Waals surface area contributed by atoms with Gasteiger partial charge in [0.1, 0.15) is 17.2 Å². The molecule has 6 heteroatoms. The number of nitrogens with one attached hydrogen (secondary N) is 1. The van der Waals surface area contributed by atoms with E-state index < -0.39 is 0 Å². The first-order valence-corrected chi connectivity index (χ1v) is 9.55. The molecule has 0 aliphatic heterocycles. The van der Waals surface area contributed by atoms with Crippen LogP contribution in [0.3, 0.4) is 0 Å². The number of nitrogens with zero attached hydrogens (tertiary/aromatic N) is 1. The molecule has 0 aliphatic rings. The summed E-state index contributed by atoms with van der Waals surface area (Å²) in [5.41, 5.74) is 2.91.